The van der Waals surface area contributed by atoms with Gasteiger partial charge in [0.05, 0.1) is 4.92 Å². The highest BCUT2D eigenvalue weighted by Crippen LogP contribution is 2.20. The van der Waals surface area contributed by atoms with Gasteiger partial charge in [-0.3, -0.25) is 14.9 Å². The second-order valence-electron chi connectivity index (χ2n) is 4.80. The molecule has 6 heteroatoms. The summed E-state index contributed by atoms with van der Waals surface area (Å²) >= 11 is 0. The molecular formula is C16H17N3O3. The summed E-state index contributed by atoms with van der Waals surface area (Å²) in [5.74, 6) is -0.331. The molecular weight excluding hydrogens is 282 g/mol. The fourth-order valence-corrected chi connectivity index (χ4v) is 2.10. The van der Waals surface area contributed by atoms with Gasteiger partial charge in [-0.05, 0) is 18.7 Å². The summed E-state index contributed by atoms with van der Waals surface area (Å²) in [4.78, 5) is 22.7. The van der Waals surface area contributed by atoms with Crippen molar-refractivity contribution in [3.8, 4) is 0 Å². The van der Waals surface area contributed by atoms with Crippen molar-refractivity contribution in [2.24, 2.45) is 0 Å². The Bertz CT molecular complexity index is 672. The van der Waals surface area contributed by atoms with Gasteiger partial charge in [0, 0.05) is 30.3 Å². The van der Waals surface area contributed by atoms with E-state index in [1.807, 2.05) is 30.3 Å². The molecule has 114 valence electrons. The summed E-state index contributed by atoms with van der Waals surface area (Å²) in [5.41, 5.74) is 1.74. The molecule has 0 unspecified atom stereocenters. The van der Waals surface area contributed by atoms with Crippen LogP contribution in [0.4, 0.5) is 5.69 Å². The van der Waals surface area contributed by atoms with Crippen molar-refractivity contribution in [1.29, 1.82) is 0 Å². The molecule has 0 radical (unpaired) electrons. The van der Waals surface area contributed by atoms with Gasteiger partial charge in [-0.1, -0.05) is 36.4 Å². The summed E-state index contributed by atoms with van der Waals surface area (Å²) in [6, 6.07) is 14.0. The molecule has 0 heterocycles. The van der Waals surface area contributed by atoms with Crippen molar-refractivity contribution in [2.45, 2.75) is 13.1 Å². The van der Waals surface area contributed by atoms with Gasteiger partial charge in [-0.2, -0.15) is 0 Å². The Kier molecular flexibility index (Phi) is 5.21. The minimum atomic E-state index is -0.472. The summed E-state index contributed by atoms with van der Waals surface area (Å²) in [7, 11) is 1.71. The number of hydrogen-bond donors (Lipinski definition) is 2. The van der Waals surface area contributed by atoms with E-state index >= 15 is 0 Å². The molecule has 2 rings (SSSR count). The molecule has 0 fully saturated rings. The predicted molar refractivity (Wildman–Crippen MR) is 83.5 cm³/mol. The third-order valence-corrected chi connectivity index (χ3v) is 3.21. The summed E-state index contributed by atoms with van der Waals surface area (Å²) in [6.07, 6.45) is 0. The van der Waals surface area contributed by atoms with Gasteiger partial charge in [0.1, 0.15) is 0 Å². The van der Waals surface area contributed by atoms with E-state index in [1.54, 1.807) is 19.2 Å². The van der Waals surface area contributed by atoms with Crippen LogP contribution in [0.15, 0.2) is 48.5 Å². The van der Waals surface area contributed by atoms with Crippen LogP contribution in [0.2, 0.25) is 0 Å². The van der Waals surface area contributed by atoms with Crippen molar-refractivity contribution in [3.63, 3.8) is 0 Å². The van der Waals surface area contributed by atoms with Crippen LogP contribution in [0, 0.1) is 10.1 Å². The van der Waals surface area contributed by atoms with E-state index < -0.39 is 4.92 Å². The number of hydrogen-bond acceptors (Lipinski definition) is 4. The lowest BCUT2D eigenvalue weighted by molar-refractivity contribution is -0.385. The van der Waals surface area contributed by atoms with Gasteiger partial charge in [-0.15, -0.1) is 0 Å². The SMILES string of the molecule is CNCc1ccc(C(=O)NCc2ccccc2)cc1[N+](=O)[O-]. The molecule has 2 aromatic rings. The zero-order valence-corrected chi connectivity index (χ0v) is 12.2. The second kappa shape index (κ2) is 7.33. The lowest BCUT2D eigenvalue weighted by Crippen LogP contribution is -2.23. The Balaban J connectivity index is 2.12. The average molecular weight is 299 g/mol. The number of carbonyl (C=O) groups excluding carboxylic acids is 1. The molecule has 0 aliphatic carbocycles. The van der Waals surface area contributed by atoms with Crippen LogP contribution in [-0.4, -0.2) is 17.9 Å². The first-order chi connectivity index (χ1) is 10.6. The lowest BCUT2D eigenvalue weighted by atomic mass is 10.1. The monoisotopic (exact) mass is 299 g/mol. The minimum Gasteiger partial charge on any atom is -0.348 e. The van der Waals surface area contributed by atoms with Gasteiger partial charge in [0.25, 0.3) is 11.6 Å². The van der Waals surface area contributed by atoms with Crippen molar-refractivity contribution < 1.29 is 9.72 Å². The van der Waals surface area contributed by atoms with Crippen LogP contribution >= 0.6 is 0 Å². The van der Waals surface area contributed by atoms with Gasteiger partial charge < -0.3 is 10.6 Å². The maximum absolute atomic E-state index is 12.1. The third kappa shape index (κ3) is 3.89. The Morgan fingerprint density at radius 1 is 1.14 bits per heavy atom. The maximum atomic E-state index is 12.1. The normalized spacial score (nSPS) is 10.2. The zero-order valence-electron chi connectivity index (χ0n) is 12.2. The molecule has 22 heavy (non-hydrogen) atoms. The zero-order chi connectivity index (χ0) is 15.9. The molecule has 2 aromatic carbocycles. The third-order valence-electron chi connectivity index (χ3n) is 3.21. The van der Waals surface area contributed by atoms with Gasteiger partial charge >= 0.3 is 0 Å². The standard InChI is InChI=1S/C16H17N3O3/c1-17-11-14-8-7-13(9-15(14)19(21)22)16(20)18-10-12-5-3-2-4-6-12/h2-9,17H,10-11H2,1H3,(H,18,20). The van der Waals surface area contributed by atoms with Crippen molar-refractivity contribution in [1.82, 2.24) is 10.6 Å². The number of carbonyl (C=O) groups is 1. The topological polar surface area (TPSA) is 84.3 Å². The van der Waals surface area contributed by atoms with Gasteiger partial charge in [0.2, 0.25) is 0 Å². The molecule has 0 aliphatic rings. The van der Waals surface area contributed by atoms with Crippen LogP contribution in [0.3, 0.4) is 0 Å². The molecule has 0 aliphatic heterocycles. The molecule has 1 amide bonds. The van der Waals surface area contributed by atoms with Crippen molar-refractivity contribution in [2.75, 3.05) is 7.05 Å². The minimum absolute atomic E-state index is 0.0540. The average Bonchev–Trinajstić information content (AvgIpc) is 2.54. The Morgan fingerprint density at radius 2 is 1.86 bits per heavy atom. The molecule has 0 bridgehead atoms. The summed E-state index contributed by atoms with van der Waals surface area (Å²) in [5, 5.41) is 16.7. The highest BCUT2D eigenvalue weighted by Gasteiger charge is 2.16. The number of amides is 1. The molecule has 0 spiro atoms. The Morgan fingerprint density at radius 3 is 2.50 bits per heavy atom. The van der Waals surface area contributed by atoms with Crippen LogP contribution < -0.4 is 10.6 Å². The van der Waals surface area contributed by atoms with Crippen LogP contribution in [0.1, 0.15) is 21.5 Å². The first kappa shape index (κ1) is 15.7. The molecule has 0 aromatic heterocycles. The van der Waals surface area contributed by atoms with Crippen LogP contribution in [-0.2, 0) is 13.1 Å². The first-order valence-corrected chi connectivity index (χ1v) is 6.86. The Labute approximate surface area is 128 Å². The van der Waals surface area contributed by atoms with E-state index in [9.17, 15) is 14.9 Å². The van der Waals surface area contributed by atoms with Crippen molar-refractivity contribution in [3.05, 3.63) is 75.3 Å². The number of benzene rings is 2. The van der Waals surface area contributed by atoms with E-state index in [0.29, 0.717) is 18.7 Å². The molecule has 6 nitrogen and oxygen atoms in total. The fourth-order valence-electron chi connectivity index (χ4n) is 2.10. The smallest absolute Gasteiger partial charge is 0.274 e. The summed E-state index contributed by atoms with van der Waals surface area (Å²) in [6.45, 7) is 0.758. The largest absolute Gasteiger partial charge is 0.348 e. The highest BCUT2D eigenvalue weighted by atomic mass is 16.6. The number of rotatable bonds is 6. The van der Waals surface area contributed by atoms with E-state index in [4.69, 9.17) is 0 Å². The lowest BCUT2D eigenvalue weighted by Gasteiger charge is -2.07. The number of nitro benzene ring substituents is 1. The van der Waals surface area contributed by atoms with Crippen LogP contribution in [0.5, 0.6) is 0 Å². The van der Waals surface area contributed by atoms with E-state index in [1.165, 1.54) is 6.07 Å². The quantitative estimate of drug-likeness (QED) is 0.633. The Hall–Kier alpha value is -2.73. The van der Waals surface area contributed by atoms with Gasteiger partial charge in [0.15, 0.2) is 0 Å². The highest BCUT2D eigenvalue weighted by molar-refractivity contribution is 5.94. The number of nitrogens with one attached hydrogen (secondary N) is 2. The van der Waals surface area contributed by atoms with Gasteiger partial charge in [-0.25, -0.2) is 0 Å². The molecule has 0 saturated carbocycles. The maximum Gasteiger partial charge on any atom is 0.274 e. The van der Waals surface area contributed by atoms with E-state index in [0.717, 1.165) is 5.56 Å². The number of nitrogens with zero attached hydrogens (tertiary/aromatic N) is 1. The summed E-state index contributed by atoms with van der Waals surface area (Å²) < 4.78 is 0. The second-order valence-corrected chi connectivity index (χ2v) is 4.80. The first-order valence-electron chi connectivity index (χ1n) is 6.86. The number of nitro groups is 1. The molecule has 2 N–H and O–H groups in total. The molecule has 0 saturated heterocycles. The van der Waals surface area contributed by atoms with E-state index in [2.05, 4.69) is 10.6 Å². The van der Waals surface area contributed by atoms with E-state index in [-0.39, 0.29) is 17.2 Å². The van der Waals surface area contributed by atoms with Crippen LogP contribution in [0.25, 0.3) is 0 Å². The predicted octanol–water partition coefficient (Wildman–Crippen LogP) is 2.24. The fraction of sp³-hybridized carbons (Fsp3) is 0.188. The van der Waals surface area contributed by atoms with Crippen molar-refractivity contribution >= 4 is 11.6 Å². The molecule has 0 atom stereocenters.